The number of hydrogen-bond donors (Lipinski definition) is 0. The maximum absolute atomic E-state index is 13.3. The van der Waals surface area contributed by atoms with Crippen LogP contribution < -0.4 is 9.80 Å². The van der Waals surface area contributed by atoms with E-state index < -0.39 is 35.7 Å². The summed E-state index contributed by atoms with van der Waals surface area (Å²) < 4.78 is 16.0. The summed E-state index contributed by atoms with van der Waals surface area (Å²) in [6.07, 6.45) is -1.76. The number of hydrogen-bond acceptors (Lipinski definition) is 7. The van der Waals surface area contributed by atoms with Crippen molar-refractivity contribution in [3.8, 4) is 0 Å². The van der Waals surface area contributed by atoms with E-state index in [1.165, 1.54) is 4.90 Å². The monoisotopic (exact) mass is 432 g/mol. The van der Waals surface area contributed by atoms with Crippen LogP contribution in [-0.4, -0.2) is 61.8 Å². The summed E-state index contributed by atoms with van der Waals surface area (Å²) in [5.41, 5.74) is 1.51. The molecule has 0 radical (unpaired) electrons. The zero-order valence-corrected chi connectivity index (χ0v) is 18.5. The van der Waals surface area contributed by atoms with Crippen molar-refractivity contribution in [2.45, 2.75) is 58.3 Å². The van der Waals surface area contributed by atoms with Crippen molar-refractivity contribution >= 4 is 35.1 Å². The Balaban J connectivity index is 1.88. The normalized spacial score (nSPS) is 20.2. The third-order valence-electron chi connectivity index (χ3n) is 5.05. The molecular formula is C22H28N2O7. The van der Waals surface area contributed by atoms with E-state index in [1.54, 1.807) is 44.9 Å². The standard InChI is InChI=1S/C22H28N2O7/c1-13(25)30-19(21(28)31-22(2,3)4)18-20(27)24(10-11-29-18)15-8-6-14-7-9-17(26)23(5)16(14)12-15/h6,8,12,18-19H,7,9-11H2,1-5H3/t18-,19-/m1/s1. The van der Waals surface area contributed by atoms with Crippen molar-refractivity contribution in [3.63, 3.8) is 0 Å². The highest BCUT2D eigenvalue weighted by atomic mass is 16.6. The molecule has 2 aliphatic rings. The zero-order valence-electron chi connectivity index (χ0n) is 18.5. The Kier molecular flexibility index (Phi) is 6.35. The number of fused-ring (bicyclic) bond motifs is 1. The molecule has 0 bridgehead atoms. The molecule has 0 spiro atoms. The summed E-state index contributed by atoms with van der Waals surface area (Å²) in [5.74, 6) is -2.08. The number of rotatable bonds is 4. The number of esters is 2. The molecule has 0 aromatic heterocycles. The Morgan fingerprint density at radius 2 is 1.90 bits per heavy atom. The largest absolute Gasteiger partial charge is 0.457 e. The van der Waals surface area contributed by atoms with Crippen LogP contribution in [0, 0.1) is 0 Å². The highest BCUT2D eigenvalue weighted by molar-refractivity contribution is 6.02. The lowest BCUT2D eigenvalue weighted by Gasteiger charge is -2.36. The Hall–Kier alpha value is -2.94. The van der Waals surface area contributed by atoms with E-state index in [1.807, 2.05) is 6.07 Å². The third-order valence-corrected chi connectivity index (χ3v) is 5.05. The Bertz CT molecular complexity index is 906. The summed E-state index contributed by atoms with van der Waals surface area (Å²) in [5, 5.41) is 0. The molecule has 0 N–H and O–H groups in total. The number of ether oxygens (including phenoxy) is 3. The first kappa shape index (κ1) is 22.7. The van der Waals surface area contributed by atoms with Crippen LogP contribution in [0.15, 0.2) is 18.2 Å². The van der Waals surface area contributed by atoms with Crippen molar-refractivity contribution < 1.29 is 33.4 Å². The minimum absolute atomic E-state index is 0.00989. The summed E-state index contributed by atoms with van der Waals surface area (Å²) in [4.78, 5) is 52.6. The number of carbonyl (C=O) groups excluding carboxylic acids is 4. The van der Waals surface area contributed by atoms with Gasteiger partial charge in [-0.15, -0.1) is 0 Å². The van der Waals surface area contributed by atoms with Crippen molar-refractivity contribution in [1.29, 1.82) is 0 Å². The van der Waals surface area contributed by atoms with Crippen LogP contribution in [0.1, 0.15) is 39.7 Å². The molecule has 9 heteroatoms. The molecule has 0 unspecified atom stereocenters. The fourth-order valence-electron chi connectivity index (χ4n) is 3.64. The summed E-state index contributed by atoms with van der Waals surface area (Å²) in [6, 6.07) is 5.47. The molecule has 2 aliphatic heterocycles. The molecule has 1 aromatic rings. The highest BCUT2D eigenvalue weighted by Crippen LogP contribution is 2.32. The van der Waals surface area contributed by atoms with Gasteiger partial charge in [-0.25, -0.2) is 4.79 Å². The molecule has 2 atom stereocenters. The highest BCUT2D eigenvalue weighted by Gasteiger charge is 2.44. The molecule has 1 aromatic carbocycles. The van der Waals surface area contributed by atoms with E-state index in [2.05, 4.69) is 0 Å². The molecule has 0 saturated carbocycles. The van der Waals surface area contributed by atoms with Gasteiger partial charge in [0.15, 0.2) is 6.10 Å². The second-order valence-electron chi connectivity index (χ2n) is 8.61. The van der Waals surface area contributed by atoms with Gasteiger partial charge in [-0.05, 0) is 44.9 Å². The number of anilines is 2. The average molecular weight is 432 g/mol. The molecule has 0 aliphatic carbocycles. The fraction of sp³-hybridized carbons (Fsp3) is 0.545. The smallest absolute Gasteiger partial charge is 0.351 e. The van der Waals surface area contributed by atoms with Gasteiger partial charge in [0.25, 0.3) is 5.91 Å². The van der Waals surface area contributed by atoms with E-state index in [0.717, 1.165) is 18.2 Å². The first-order valence-electron chi connectivity index (χ1n) is 10.2. The molecule has 31 heavy (non-hydrogen) atoms. The van der Waals surface area contributed by atoms with Crippen LogP contribution in [-0.2, 0) is 39.8 Å². The Morgan fingerprint density at radius 3 is 2.55 bits per heavy atom. The summed E-state index contributed by atoms with van der Waals surface area (Å²) in [7, 11) is 1.70. The topological polar surface area (TPSA) is 102 Å². The van der Waals surface area contributed by atoms with Crippen LogP contribution in [0.2, 0.25) is 0 Å². The molecule has 2 amide bonds. The minimum atomic E-state index is -1.52. The molecule has 2 heterocycles. The predicted molar refractivity (Wildman–Crippen MR) is 112 cm³/mol. The summed E-state index contributed by atoms with van der Waals surface area (Å²) in [6.45, 7) is 6.58. The maximum atomic E-state index is 13.3. The van der Waals surface area contributed by atoms with E-state index >= 15 is 0 Å². The number of amides is 2. The number of aryl methyl sites for hydroxylation is 1. The number of carbonyl (C=O) groups is 4. The second-order valence-corrected chi connectivity index (χ2v) is 8.61. The molecular weight excluding hydrogens is 404 g/mol. The van der Waals surface area contributed by atoms with Gasteiger partial charge >= 0.3 is 11.9 Å². The van der Waals surface area contributed by atoms with Gasteiger partial charge in [-0.2, -0.15) is 0 Å². The van der Waals surface area contributed by atoms with Crippen molar-refractivity contribution in [2.75, 3.05) is 30.0 Å². The van der Waals surface area contributed by atoms with Gasteiger partial charge in [0.2, 0.25) is 12.0 Å². The van der Waals surface area contributed by atoms with Gasteiger partial charge < -0.3 is 24.0 Å². The van der Waals surface area contributed by atoms with Gasteiger partial charge in [-0.1, -0.05) is 6.07 Å². The van der Waals surface area contributed by atoms with Crippen LogP contribution in [0.25, 0.3) is 0 Å². The quantitative estimate of drug-likeness (QED) is 0.666. The fourth-order valence-corrected chi connectivity index (χ4v) is 3.64. The van der Waals surface area contributed by atoms with Crippen molar-refractivity contribution in [2.24, 2.45) is 0 Å². The van der Waals surface area contributed by atoms with Gasteiger partial charge in [0, 0.05) is 38.3 Å². The van der Waals surface area contributed by atoms with E-state index in [0.29, 0.717) is 18.5 Å². The first-order valence-corrected chi connectivity index (χ1v) is 10.2. The molecule has 9 nitrogen and oxygen atoms in total. The Morgan fingerprint density at radius 1 is 1.19 bits per heavy atom. The van der Waals surface area contributed by atoms with Crippen LogP contribution in [0.4, 0.5) is 11.4 Å². The maximum Gasteiger partial charge on any atom is 0.351 e. The van der Waals surface area contributed by atoms with Crippen LogP contribution in [0.5, 0.6) is 0 Å². The SMILES string of the molecule is CC(=O)O[C@@H](C(=O)OC(C)(C)C)[C@H]1OCCN(c2ccc3c(c2)N(C)C(=O)CC3)C1=O. The molecule has 3 rings (SSSR count). The number of benzene rings is 1. The lowest BCUT2D eigenvalue weighted by Crippen LogP contribution is -2.56. The van der Waals surface area contributed by atoms with Crippen molar-refractivity contribution in [1.82, 2.24) is 0 Å². The van der Waals surface area contributed by atoms with E-state index in [-0.39, 0.29) is 19.1 Å². The molecule has 1 fully saturated rings. The van der Waals surface area contributed by atoms with Crippen LogP contribution >= 0.6 is 0 Å². The Labute approximate surface area is 181 Å². The van der Waals surface area contributed by atoms with E-state index in [9.17, 15) is 19.2 Å². The van der Waals surface area contributed by atoms with Gasteiger partial charge in [0.05, 0.1) is 6.61 Å². The lowest BCUT2D eigenvalue weighted by atomic mass is 10.0. The van der Waals surface area contributed by atoms with Crippen LogP contribution in [0.3, 0.4) is 0 Å². The number of morpholine rings is 1. The average Bonchev–Trinajstić information content (AvgIpc) is 2.68. The zero-order chi connectivity index (χ0) is 22.9. The minimum Gasteiger partial charge on any atom is -0.457 e. The van der Waals surface area contributed by atoms with Gasteiger partial charge in [0.1, 0.15) is 5.60 Å². The predicted octanol–water partition coefficient (Wildman–Crippen LogP) is 1.60. The summed E-state index contributed by atoms with van der Waals surface area (Å²) >= 11 is 0. The molecule has 168 valence electrons. The van der Waals surface area contributed by atoms with Gasteiger partial charge in [-0.3, -0.25) is 14.4 Å². The van der Waals surface area contributed by atoms with Crippen molar-refractivity contribution in [3.05, 3.63) is 23.8 Å². The molecule has 1 saturated heterocycles. The van der Waals surface area contributed by atoms with E-state index in [4.69, 9.17) is 14.2 Å². The third kappa shape index (κ3) is 5.04. The number of nitrogens with zero attached hydrogens (tertiary/aromatic N) is 2. The lowest BCUT2D eigenvalue weighted by molar-refractivity contribution is -0.188. The second kappa shape index (κ2) is 8.66. The first-order chi connectivity index (χ1) is 14.5.